The molecule has 3 N–H and O–H groups in total. The number of aromatic carboxylic acids is 1. The lowest BCUT2D eigenvalue weighted by Gasteiger charge is -2.20. The number of nitrogens with two attached hydrogens (primary N) is 1. The molecule has 0 saturated heterocycles. The van der Waals surface area contributed by atoms with Crippen molar-refractivity contribution >= 4 is 11.9 Å². The Balaban J connectivity index is 3.42. The van der Waals surface area contributed by atoms with Crippen LogP contribution in [0.2, 0.25) is 0 Å². The Labute approximate surface area is 94.1 Å². The number of carboxylic acid groups (broad SMARTS) is 1. The molecule has 1 aromatic rings. The topological polar surface area (TPSA) is 80.4 Å². The van der Waals surface area contributed by atoms with Gasteiger partial charge in [0.05, 0.1) is 5.56 Å². The molecule has 1 rings (SSSR count). The molecule has 0 radical (unpaired) electrons. The van der Waals surface area contributed by atoms with Crippen molar-refractivity contribution in [2.45, 2.75) is 26.2 Å². The molecule has 0 bridgehead atoms. The van der Waals surface area contributed by atoms with Gasteiger partial charge in [-0.15, -0.1) is 0 Å². The Kier molecular flexibility index (Phi) is 3.03. The normalized spacial score (nSPS) is 11.2. The highest BCUT2D eigenvalue weighted by Gasteiger charge is 2.18. The van der Waals surface area contributed by atoms with Crippen LogP contribution in [0.5, 0.6) is 0 Å². The van der Waals surface area contributed by atoms with Crippen LogP contribution in [0.15, 0.2) is 18.2 Å². The molecule has 0 heterocycles. The quantitative estimate of drug-likeness (QED) is 0.798. The lowest BCUT2D eigenvalue weighted by molar-refractivity contribution is 0.0696. The first-order valence-corrected chi connectivity index (χ1v) is 4.90. The van der Waals surface area contributed by atoms with Crippen molar-refractivity contribution in [2.75, 3.05) is 0 Å². The van der Waals surface area contributed by atoms with Gasteiger partial charge in [-0.1, -0.05) is 20.8 Å². The van der Waals surface area contributed by atoms with Gasteiger partial charge in [-0.05, 0) is 29.2 Å². The summed E-state index contributed by atoms with van der Waals surface area (Å²) in [7, 11) is 0. The van der Waals surface area contributed by atoms with E-state index in [4.69, 9.17) is 10.8 Å². The largest absolute Gasteiger partial charge is 0.478 e. The lowest BCUT2D eigenvalue weighted by atomic mass is 9.85. The third-order valence-corrected chi connectivity index (χ3v) is 2.33. The Bertz CT molecular complexity index is 412. The minimum atomic E-state index is -1.06. The van der Waals surface area contributed by atoms with Crippen molar-refractivity contribution in [1.29, 1.82) is 0 Å². The smallest absolute Gasteiger partial charge is 0.335 e. The number of benzene rings is 1. The van der Waals surface area contributed by atoms with Crippen molar-refractivity contribution in [3.63, 3.8) is 0 Å². The third-order valence-electron chi connectivity index (χ3n) is 2.33. The Morgan fingerprint density at radius 2 is 1.62 bits per heavy atom. The van der Waals surface area contributed by atoms with E-state index in [1.807, 2.05) is 20.8 Å². The van der Waals surface area contributed by atoms with Crippen LogP contribution in [0.4, 0.5) is 0 Å². The number of hydrogen-bond donors (Lipinski definition) is 2. The van der Waals surface area contributed by atoms with Gasteiger partial charge < -0.3 is 10.8 Å². The fraction of sp³-hybridized carbons (Fsp3) is 0.333. The molecule has 0 aromatic heterocycles. The molecule has 1 aromatic carbocycles. The summed E-state index contributed by atoms with van der Waals surface area (Å²) >= 11 is 0. The molecule has 0 aliphatic heterocycles. The molecule has 0 fully saturated rings. The van der Waals surface area contributed by atoms with E-state index < -0.39 is 11.9 Å². The van der Waals surface area contributed by atoms with Crippen LogP contribution in [0.1, 0.15) is 47.1 Å². The molecule has 0 spiro atoms. The van der Waals surface area contributed by atoms with Crippen LogP contribution in [-0.4, -0.2) is 17.0 Å². The number of carbonyl (C=O) groups excluding carboxylic acids is 1. The summed E-state index contributed by atoms with van der Waals surface area (Å²) in [6.07, 6.45) is 0. The first-order chi connectivity index (χ1) is 7.21. The fourth-order valence-electron chi connectivity index (χ4n) is 1.33. The second-order valence-electron chi connectivity index (χ2n) is 4.72. The average molecular weight is 221 g/mol. The Hall–Kier alpha value is -1.84. The van der Waals surface area contributed by atoms with E-state index in [9.17, 15) is 9.59 Å². The monoisotopic (exact) mass is 221 g/mol. The minimum absolute atomic E-state index is 0.0845. The highest BCUT2D eigenvalue weighted by molar-refractivity contribution is 5.97. The maximum atomic E-state index is 11.1. The summed E-state index contributed by atoms with van der Waals surface area (Å²) in [5, 5.41) is 8.93. The molecule has 0 atom stereocenters. The zero-order chi connectivity index (χ0) is 12.5. The molecule has 0 saturated carbocycles. The molecule has 4 heteroatoms. The van der Waals surface area contributed by atoms with Gasteiger partial charge in [-0.3, -0.25) is 4.79 Å². The molecule has 1 amide bonds. The Morgan fingerprint density at radius 3 is 2.00 bits per heavy atom. The number of carbonyl (C=O) groups is 2. The molecule has 0 unspecified atom stereocenters. The van der Waals surface area contributed by atoms with Crippen LogP contribution < -0.4 is 5.73 Å². The van der Waals surface area contributed by atoms with Crippen molar-refractivity contribution < 1.29 is 14.7 Å². The summed E-state index contributed by atoms with van der Waals surface area (Å²) in [6, 6.07) is 4.49. The van der Waals surface area contributed by atoms with Gasteiger partial charge in [0.15, 0.2) is 0 Å². The standard InChI is InChI=1S/C12H15NO3/c1-12(2,3)9-5-7(10(13)14)4-8(6-9)11(15)16/h4-6H,1-3H3,(H2,13,14)(H,15,16). The van der Waals surface area contributed by atoms with Crippen LogP contribution in [-0.2, 0) is 5.41 Å². The highest BCUT2D eigenvalue weighted by Crippen LogP contribution is 2.24. The van der Waals surface area contributed by atoms with Crippen LogP contribution in [0.3, 0.4) is 0 Å². The summed E-state index contributed by atoms with van der Waals surface area (Å²) in [5.41, 5.74) is 6.03. The lowest BCUT2D eigenvalue weighted by Crippen LogP contribution is -2.17. The summed E-state index contributed by atoms with van der Waals surface area (Å²) in [6.45, 7) is 5.83. The molecule has 0 aliphatic rings. The molecular formula is C12H15NO3. The van der Waals surface area contributed by atoms with Crippen LogP contribution in [0, 0.1) is 0 Å². The van der Waals surface area contributed by atoms with Crippen molar-refractivity contribution in [3.8, 4) is 0 Å². The average Bonchev–Trinajstić information content (AvgIpc) is 2.15. The molecular weight excluding hydrogens is 206 g/mol. The first kappa shape index (κ1) is 12.2. The van der Waals surface area contributed by atoms with E-state index >= 15 is 0 Å². The van der Waals surface area contributed by atoms with Gasteiger partial charge in [0.2, 0.25) is 5.91 Å². The van der Waals surface area contributed by atoms with Gasteiger partial charge >= 0.3 is 5.97 Å². The Morgan fingerprint density at radius 1 is 1.12 bits per heavy atom. The van der Waals surface area contributed by atoms with E-state index in [0.717, 1.165) is 5.56 Å². The third kappa shape index (κ3) is 2.59. The maximum Gasteiger partial charge on any atom is 0.335 e. The number of carboxylic acids is 1. The summed E-state index contributed by atoms with van der Waals surface area (Å²) < 4.78 is 0. The number of primary amides is 1. The zero-order valence-corrected chi connectivity index (χ0v) is 9.57. The SMILES string of the molecule is CC(C)(C)c1cc(C(N)=O)cc(C(=O)O)c1. The highest BCUT2D eigenvalue weighted by atomic mass is 16.4. The van der Waals surface area contributed by atoms with Crippen molar-refractivity contribution in [1.82, 2.24) is 0 Å². The predicted molar refractivity (Wildman–Crippen MR) is 60.6 cm³/mol. The van der Waals surface area contributed by atoms with E-state index in [0.29, 0.717) is 0 Å². The van der Waals surface area contributed by atoms with Crippen molar-refractivity contribution in [3.05, 3.63) is 34.9 Å². The van der Waals surface area contributed by atoms with Crippen LogP contribution in [0.25, 0.3) is 0 Å². The van der Waals surface area contributed by atoms with E-state index in [1.165, 1.54) is 6.07 Å². The summed E-state index contributed by atoms with van der Waals surface area (Å²) in [5.74, 6) is -1.68. The van der Waals surface area contributed by atoms with Gasteiger partial charge in [0.1, 0.15) is 0 Å². The second kappa shape index (κ2) is 3.96. The molecule has 86 valence electrons. The minimum Gasteiger partial charge on any atom is -0.478 e. The second-order valence-corrected chi connectivity index (χ2v) is 4.72. The van der Waals surface area contributed by atoms with Gasteiger partial charge in [0.25, 0.3) is 0 Å². The number of hydrogen-bond acceptors (Lipinski definition) is 2. The van der Waals surface area contributed by atoms with Gasteiger partial charge in [-0.25, -0.2) is 4.79 Å². The first-order valence-electron chi connectivity index (χ1n) is 4.90. The van der Waals surface area contributed by atoms with Gasteiger partial charge in [-0.2, -0.15) is 0 Å². The van der Waals surface area contributed by atoms with Gasteiger partial charge in [0, 0.05) is 5.56 Å². The fourth-order valence-corrected chi connectivity index (χ4v) is 1.33. The predicted octanol–water partition coefficient (Wildman–Crippen LogP) is 1.78. The summed E-state index contributed by atoms with van der Waals surface area (Å²) in [4.78, 5) is 22.0. The zero-order valence-electron chi connectivity index (χ0n) is 9.57. The van der Waals surface area contributed by atoms with E-state index in [-0.39, 0.29) is 16.5 Å². The molecule has 0 aliphatic carbocycles. The molecule has 4 nitrogen and oxygen atoms in total. The van der Waals surface area contributed by atoms with E-state index in [2.05, 4.69) is 0 Å². The number of amides is 1. The molecule has 16 heavy (non-hydrogen) atoms. The maximum absolute atomic E-state index is 11.1. The van der Waals surface area contributed by atoms with Crippen LogP contribution >= 0.6 is 0 Å². The van der Waals surface area contributed by atoms with Crippen molar-refractivity contribution in [2.24, 2.45) is 5.73 Å². The number of rotatable bonds is 2. The van der Waals surface area contributed by atoms with E-state index in [1.54, 1.807) is 12.1 Å².